The number of methoxy groups -OCH3 is 1. The summed E-state index contributed by atoms with van der Waals surface area (Å²) in [6.45, 7) is 1.91. The second-order valence-electron chi connectivity index (χ2n) is 7.15. The van der Waals surface area contributed by atoms with Crippen LogP contribution in [-0.2, 0) is 4.79 Å². The number of ether oxygens (including phenoxy) is 1. The normalized spacial score (nSPS) is 11.0. The van der Waals surface area contributed by atoms with Crippen molar-refractivity contribution < 1.29 is 19.2 Å². The van der Waals surface area contributed by atoms with E-state index in [1.165, 1.54) is 31.4 Å². The van der Waals surface area contributed by atoms with Crippen molar-refractivity contribution in [1.29, 1.82) is 0 Å². The minimum Gasteiger partial charge on any atom is -0.496 e. The summed E-state index contributed by atoms with van der Waals surface area (Å²) in [7, 11) is 1.51. The van der Waals surface area contributed by atoms with Gasteiger partial charge in [-0.25, -0.2) is 0 Å². The molecule has 0 saturated heterocycles. The van der Waals surface area contributed by atoms with E-state index >= 15 is 0 Å². The lowest BCUT2D eigenvalue weighted by Gasteiger charge is -2.13. The zero-order valence-corrected chi connectivity index (χ0v) is 21.3. The lowest BCUT2D eigenvalue weighted by Crippen LogP contribution is -2.30. The van der Waals surface area contributed by atoms with Gasteiger partial charge in [0.25, 0.3) is 17.5 Å². The van der Waals surface area contributed by atoms with E-state index in [2.05, 4.69) is 42.5 Å². The Balaban J connectivity index is 1.96. The third kappa shape index (κ3) is 6.30. The highest BCUT2D eigenvalue weighted by atomic mass is 79.9. The van der Waals surface area contributed by atoms with Gasteiger partial charge in [-0.15, -0.1) is 0 Å². The van der Waals surface area contributed by atoms with Crippen LogP contribution in [0, 0.1) is 17.0 Å². The molecule has 10 heteroatoms. The van der Waals surface area contributed by atoms with Crippen molar-refractivity contribution in [3.63, 3.8) is 0 Å². The smallest absolute Gasteiger partial charge is 0.272 e. The van der Waals surface area contributed by atoms with E-state index in [1.807, 2.05) is 19.1 Å². The minimum absolute atomic E-state index is 0.0927. The lowest BCUT2D eigenvalue weighted by atomic mass is 10.1. The number of halogens is 2. The van der Waals surface area contributed by atoms with Crippen molar-refractivity contribution in [2.75, 3.05) is 12.4 Å². The summed E-state index contributed by atoms with van der Waals surface area (Å²) in [6.07, 6.45) is 1.38. The van der Waals surface area contributed by atoms with Crippen LogP contribution < -0.4 is 15.4 Å². The molecule has 0 fully saturated rings. The van der Waals surface area contributed by atoms with Crippen LogP contribution in [-0.4, -0.2) is 23.8 Å². The topological polar surface area (TPSA) is 111 Å². The maximum absolute atomic E-state index is 13.1. The Morgan fingerprint density at radius 3 is 2.44 bits per heavy atom. The average Bonchev–Trinajstić information content (AvgIpc) is 2.80. The Morgan fingerprint density at radius 2 is 1.79 bits per heavy atom. The van der Waals surface area contributed by atoms with Gasteiger partial charge >= 0.3 is 0 Å². The predicted molar refractivity (Wildman–Crippen MR) is 137 cm³/mol. The molecule has 3 aromatic rings. The van der Waals surface area contributed by atoms with E-state index in [0.29, 0.717) is 25.9 Å². The van der Waals surface area contributed by atoms with Gasteiger partial charge < -0.3 is 15.4 Å². The minimum atomic E-state index is -0.600. The highest BCUT2D eigenvalue weighted by molar-refractivity contribution is 9.11. The average molecular weight is 589 g/mol. The first-order valence-electron chi connectivity index (χ1n) is 9.86. The summed E-state index contributed by atoms with van der Waals surface area (Å²) in [5.74, 6) is -0.596. The molecule has 2 N–H and O–H groups in total. The molecule has 0 aliphatic rings. The van der Waals surface area contributed by atoms with Gasteiger partial charge in [0.05, 0.1) is 22.2 Å². The molecular weight excluding hydrogens is 570 g/mol. The summed E-state index contributed by atoms with van der Waals surface area (Å²) < 4.78 is 6.42. The van der Waals surface area contributed by atoms with Crippen LogP contribution in [0.5, 0.6) is 5.75 Å². The predicted octanol–water partition coefficient (Wildman–Crippen LogP) is 5.85. The number of nitro groups is 1. The molecule has 3 aromatic carbocycles. The highest BCUT2D eigenvalue weighted by Gasteiger charge is 2.18. The van der Waals surface area contributed by atoms with Crippen molar-refractivity contribution in [2.24, 2.45) is 0 Å². The Morgan fingerprint density at radius 1 is 1.03 bits per heavy atom. The third-order valence-corrected chi connectivity index (χ3v) is 5.95. The fourth-order valence-electron chi connectivity index (χ4n) is 2.97. The Hall–Kier alpha value is -3.50. The number of hydrogen-bond acceptors (Lipinski definition) is 5. The number of nitrogens with one attached hydrogen (secondary N) is 2. The Bertz CT molecular complexity index is 1310. The summed E-state index contributed by atoms with van der Waals surface area (Å²) in [6, 6.07) is 15.9. The number of anilines is 1. The molecule has 0 saturated carbocycles. The fourth-order valence-corrected chi connectivity index (χ4v) is 4.10. The van der Waals surface area contributed by atoms with E-state index in [-0.39, 0.29) is 16.9 Å². The van der Waals surface area contributed by atoms with Gasteiger partial charge in [0.1, 0.15) is 11.4 Å². The van der Waals surface area contributed by atoms with Gasteiger partial charge in [-0.3, -0.25) is 19.7 Å². The van der Waals surface area contributed by atoms with Crippen molar-refractivity contribution in [2.45, 2.75) is 6.92 Å². The van der Waals surface area contributed by atoms with E-state index in [4.69, 9.17) is 4.74 Å². The van der Waals surface area contributed by atoms with Crippen LogP contribution in [0.15, 0.2) is 75.3 Å². The second kappa shape index (κ2) is 11.1. The number of hydrogen-bond donors (Lipinski definition) is 2. The quantitative estimate of drug-likeness (QED) is 0.204. The molecule has 3 rings (SSSR count). The number of aryl methyl sites for hydroxylation is 1. The molecule has 0 atom stereocenters. The number of nitrogens with zero attached hydrogens (tertiary/aromatic N) is 1. The van der Waals surface area contributed by atoms with Crippen LogP contribution >= 0.6 is 31.9 Å². The maximum atomic E-state index is 13.1. The number of carbonyl (C=O) groups is 2. The molecule has 8 nitrogen and oxygen atoms in total. The van der Waals surface area contributed by atoms with E-state index in [0.717, 1.165) is 5.56 Å². The van der Waals surface area contributed by atoms with Gasteiger partial charge in [-0.1, -0.05) is 18.2 Å². The number of nitro benzene ring substituents is 1. The third-order valence-electron chi connectivity index (χ3n) is 4.67. The van der Waals surface area contributed by atoms with Crippen LogP contribution in [0.3, 0.4) is 0 Å². The summed E-state index contributed by atoms with van der Waals surface area (Å²) in [5, 5.41) is 16.5. The second-order valence-corrected chi connectivity index (χ2v) is 8.86. The van der Waals surface area contributed by atoms with Gasteiger partial charge in [-0.2, -0.15) is 0 Å². The number of carbonyl (C=O) groups excluding carboxylic acids is 2. The first-order chi connectivity index (χ1) is 16.2. The SMILES string of the molecule is COc1ccc(C(=O)N/C(=C\c2cccc([N+](=O)[O-])c2)C(=O)Nc2ccc(C)cc2Br)cc1Br. The van der Waals surface area contributed by atoms with E-state index < -0.39 is 16.7 Å². The largest absolute Gasteiger partial charge is 0.496 e. The molecule has 0 unspecified atom stereocenters. The summed E-state index contributed by atoms with van der Waals surface area (Å²) in [5.41, 5.74) is 1.92. The van der Waals surface area contributed by atoms with Crippen LogP contribution in [0.1, 0.15) is 21.5 Å². The van der Waals surface area contributed by atoms with Gasteiger partial charge in [0.2, 0.25) is 0 Å². The number of rotatable bonds is 7. The van der Waals surface area contributed by atoms with E-state index in [9.17, 15) is 19.7 Å². The van der Waals surface area contributed by atoms with Crippen molar-refractivity contribution in [3.8, 4) is 5.75 Å². The number of benzene rings is 3. The molecule has 0 aliphatic heterocycles. The first-order valence-corrected chi connectivity index (χ1v) is 11.4. The fraction of sp³-hybridized carbons (Fsp3) is 0.0833. The van der Waals surface area contributed by atoms with Gasteiger partial charge in [0, 0.05) is 22.2 Å². The first kappa shape index (κ1) is 25.1. The Labute approximate surface area is 212 Å². The molecule has 0 heterocycles. The summed E-state index contributed by atoms with van der Waals surface area (Å²) in [4.78, 5) is 36.7. The Kier molecular flexibility index (Phi) is 8.19. The van der Waals surface area contributed by atoms with Gasteiger partial charge in [-0.05, 0) is 86.3 Å². The van der Waals surface area contributed by atoms with Crippen LogP contribution in [0.2, 0.25) is 0 Å². The molecule has 34 heavy (non-hydrogen) atoms. The number of amides is 2. The van der Waals surface area contributed by atoms with E-state index in [1.54, 1.807) is 30.3 Å². The molecule has 174 valence electrons. The van der Waals surface area contributed by atoms with Crippen molar-refractivity contribution >= 4 is 61.1 Å². The zero-order valence-electron chi connectivity index (χ0n) is 18.1. The maximum Gasteiger partial charge on any atom is 0.272 e. The molecule has 0 aromatic heterocycles. The zero-order chi connectivity index (χ0) is 24.8. The van der Waals surface area contributed by atoms with Crippen LogP contribution in [0.4, 0.5) is 11.4 Å². The monoisotopic (exact) mass is 587 g/mol. The molecule has 0 radical (unpaired) electrons. The van der Waals surface area contributed by atoms with Crippen molar-refractivity contribution in [1.82, 2.24) is 5.32 Å². The molecule has 0 spiro atoms. The molecule has 0 aliphatic carbocycles. The van der Waals surface area contributed by atoms with Gasteiger partial charge in [0.15, 0.2) is 0 Å². The molecule has 0 bridgehead atoms. The molecule has 2 amide bonds. The lowest BCUT2D eigenvalue weighted by molar-refractivity contribution is -0.384. The molecular formula is C24H19Br2N3O5. The van der Waals surface area contributed by atoms with Crippen LogP contribution in [0.25, 0.3) is 6.08 Å². The highest BCUT2D eigenvalue weighted by Crippen LogP contribution is 2.26. The van der Waals surface area contributed by atoms with Crippen molar-refractivity contribution in [3.05, 3.63) is 102 Å². The standard InChI is InChI=1S/C24H19Br2N3O5/c1-14-6-8-20(18(25)10-14)27-24(31)21(12-15-4-3-5-17(11-15)29(32)33)28-23(30)16-7-9-22(34-2)19(26)13-16/h3-13H,1-2H3,(H,27,31)(H,28,30)/b21-12-. The summed E-state index contributed by atoms with van der Waals surface area (Å²) >= 11 is 6.75. The number of non-ortho nitro benzene ring substituents is 1.